The van der Waals surface area contributed by atoms with Gasteiger partial charge in [0.15, 0.2) is 5.82 Å². The van der Waals surface area contributed by atoms with Crippen molar-refractivity contribution < 1.29 is 5.21 Å². The normalized spacial score (nSPS) is 11.1. The van der Waals surface area contributed by atoms with E-state index in [1.807, 2.05) is 10.8 Å². The van der Waals surface area contributed by atoms with Gasteiger partial charge in [-0.15, -0.1) is 0 Å². The number of nitrogens with zero attached hydrogens (tertiary/aromatic N) is 3. The standard InChI is InChI=1S/C7H10BrN3O/c8-2-1-4-11-5-3-9-7(11)6-10-12/h3,5-6,12H,1-2,4H2/b10-6+. The summed E-state index contributed by atoms with van der Waals surface area (Å²) in [5.41, 5.74) is 0. The Balaban J connectivity index is 2.63. The van der Waals surface area contributed by atoms with Gasteiger partial charge < -0.3 is 9.77 Å². The van der Waals surface area contributed by atoms with Crippen LogP contribution in [-0.4, -0.2) is 26.3 Å². The van der Waals surface area contributed by atoms with Crippen molar-refractivity contribution in [1.29, 1.82) is 0 Å². The fourth-order valence-electron chi connectivity index (χ4n) is 0.919. The van der Waals surface area contributed by atoms with Crippen LogP contribution < -0.4 is 0 Å². The first-order valence-electron chi connectivity index (χ1n) is 3.63. The largest absolute Gasteiger partial charge is 0.411 e. The predicted molar refractivity (Wildman–Crippen MR) is 50.0 cm³/mol. The average molecular weight is 232 g/mol. The quantitative estimate of drug-likeness (QED) is 0.370. The second kappa shape index (κ2) is 4.92. The molecule has 1 aromatic rings. The Kier molecular flexibility index (Phi) is 3.79. The number of oxime groups is 1. The fourth-order valence-corrected chi connectivity index (χ4v) is 1.17. The molecule has 0 aliphatic carbocycles. The van der Waals surface area contributed by atoms with Gasteiger partial charge in [-0.1, -0.05) is 21.1 Å². The third kappa shape index (κ3) is 2.34. The van der Waals surface area contributed by atoms with Gasteiger partial charge in [0.1, 0.15) is 6.21 Å². The monoisotopic (exact) mass is 231 g/mol. The Morgan fingerprint density at radius 3 is 3.25 bits per heavy atom. The molecule has 0 saturated heterocycles. The second-order valence-corrected chi connectivity index (χ2v) is 3.06. The maximum absolute atomic E-state index is 8.29. The lowest BCUT2D eigenvalue weighted by Gasteiger charge is -2.00. The van der Waals surface area contributed by atoms with E-state index >= 15 is 0 Å². The molecule has 0 spiro atoms. The summed E-state index contributed by atoms with van der Waals surface area (Å²) in [4.78, 5) is 4.00. The van der Waals surface area contributed by atoms with Crippen LogP contribution >= 0.6 is 15.9 Å². The first kappa shape index (κ1) is 9.25. The summed E-state index contributed by atoms with van der Waals surface area (Å²) in [5.74, 6) is 0.679. The lowest BCUT2D eigenvalue weighted by molar-refractivity contribution is 0.321. The molecule has 12 heavy (non-hydrogen) atoms. The Labute approximate surface area is 79.0 Å². The van der Waals surface area contributed by atoms with Crippen molar-refractivity contribution in [2.24, 2.45) is 5.16 Å². The van der Waals surface area contributed by atoms with Gasteiger partial charge in [0.25, 0.3) is 0 Å². The zero-order valence-electron chi connectivity index (χ0n) is 6.52. The summed E-state index contributed by atoms with van der Waals surface area (Å²) in [6.45, 7) is 0.882. The van der Waals surface area contributed by atoms with Crippen LogP contribution in [0, 0.1) is 0 Å². The summed E-state index contributed by atoms with van der Waals surface area (Å²) in [6.07, 6.45) is 5.90. The number of hydrogen-bond donors (Lipinski definition) is 1. The number of hydrogen-bond acceptors (Lipinski definition) is 3. The van der Waals surface area contributed by atoms with Crippen LogP contribution in [-0.2, 0) is 6.54 Å². The second-order valence-electron chi connectivity index (χ2n) is 2.27. The molecule has 1 heterocycles. The molecule has 0 fully saturated rings. The van der Waals surface area contributed by atoms with Gasteiger partial charge in [0, 0.05) is 24.3 Å². The van der Waals surface area contributed by atoms with Crippen LogP contribution in [0.5, 0.6) is 0 Å². The number of imidazole rings is 1. The number of rotatable bonds is 4. The molecule has 1 N–H and O–H groups in total. The van der Waals surface area contributed by atoms with Crippen molar-refractivity contribution in [3.8, 4) is 0 Å². The summed E-state index contributed by atoms with van der Waals surface area (Å²) in [5, 5.41) is 12.2. The maximum atomic E-state index is 8.29. The van der Waals surface area contributed by atoms with Crippen LogP contribution in [0.15, 0.2) is 17.5 Å². The van der Waals surface area contributed by atoms with E-state index in [0.717, 1.165) is 18.3 Å². The molecule has 0 amide bonds. The Bertz CT molecular complexity index is 259. The highest BCUT2D eigenvalue weighted by Gasteiger charge is 1.97. The summed E-state index contributed by atoms with van der Waals surface area (Å²) >= 11 is 3.34. The predicted octanol–water partition coefficient (Wildman–Crippen LogP) is 1.48. The van der Waals surface area contributed by atoms with Gasteiger partial charge in [-0.3, -0.25) is 0 Å². The molecule has 0 saturated carbocycles. The number of aryl methyl sites for hydroxylation is 1. The molecular weight excluding hydrogens is 222 g/mol. The zero-order valence-corrected chi connectivity index (χ0v) is 8.11. The van der Waals surface area contributed by atoms with E-state index in [1.54, 1.807) is 6.20 Å². The minimum atomic E-state index is 0.679. The van der Waals surface area contributed by atoms with E-state index in [-0.39, 0.29) is 0 Å². The van der Waals surface area contributed by atoms with Crippen LogP contribution in [0.4, 0.5) is 0 Å². The van der Waals surface area contributed by atoms with Crippen LogP contribution in [0.25, 0.3) is 0 Å². The van der Waals surface area contributed by atoms with Gasteiger partial charge in [0.05, 0.1) is 0 Å². The molecule has 66 valence electrons. The molecule has 1 aromatic heterocycles. The van der Waals surface area contributed by atoms with Crippen molar-refractivity contribution in [3.05, 3.63) is 18.2 Å². The molecule has 0 unspecified atom stereocenters. The SMILES string of the molecule is O/N=C/c1nccn1CCCBr. The Morgan fingerprint density at radius 2 is 2.58 bits per heavy atom. The summed E-state index contributed by atoms with van der Waals surface area (Å²) in [7, 11) is 0. The molecular formula is C7H10BrN3O. The smallest absolute Gasteiger partial charge is 0.154 e. The van der Waals surface area contributed by atoms with Gasteiger partial charge in [-0.25, -0.2) is 4.98 Å². The highest BCUT2D eigenvalue weighted by atomic mass is 79.9. The molecule has 0 aliphatic heterocycles. The van der Waals surface area contributed by atoms with E-state index in [1.165, 1.54) is 6.21 Å². The lowest BCUT2D eigenvalue weighted by atomic mass is 10.4. The third-order valence-electron chi connectivity index (χ3n) is 1.45. The van der Waals surface area contributed by atoms with Crippen LogP contribution in [0.3, 0.4) is 0 Å². The van der Waals surface area contributed by atoms with Gasteiger partial charge in [-0.05, 0) is 6.42 Å². The van der Waals surface area contributed by atoms with Crippen molar-refractivity contribution >= 4 is 22.1 Å². The average Bonchev–Trinajstić information content (AvgIpc) is 2.50. The Morgan fingerprint density at radius 1 is 1.75 bits per heavy atom. The fraction of sp³-hybridized carbons (Fsp3) is 0.429. The molecule has 0 bridgehead atoms. The number of alkyl halides is 1. The zero-order chi connectivity index (χ0) is 8.81. The number of aromatic nitrogens is 2. The van der Waals surface area contributed by atoms with Gasteiger partial charge in [0.2, 0.25) is 0 Å². The molecule has 0 radical (unpaired) electrons. The first-order chi connectivity index (χ1) is 5.88. The first-order valence-corrected chi connectivity index (χ1v) is 4.75. The van der Waals surface area contributed by atoms with Gasteiger partial charge in [-0.2, -0.15) is 0 Å². The van der Waals surface area contributed by atoms with Crippen molar-refractivity contribution in [2.75, 3.05) is 5.33 Å². The lowest BCUT2D eigenvalue weighted by Crippen LogP contribution is -2.02. The highest BCUT2D eigenvalue weighted by Crippen LogP contribution is 1.98. The van der Waals surface area contributed by atoms with E-state index in [2.05, 4.69) is 26.1 Å². The highest BCUT2D eigenvalue weighted by molar-refractivity contribution is 9.09. The molecule has 1 rings (SSSR count). The van der Waals surface area contributed by atoms with Crippen molar-refractivity contribution in [2.45, 2.75) is 13.0 Å². The summed E-state index contributed by atoms with van der Waals surface area (Å²) < 4.78 is 1.93. The van der Waals surface area contributed by atoms with E-state index in [0.29, 0.717) is 5.82 Å². The van der Waals surface area contributed by atoms with Crippen molar-refractivity contribution in [3.63, 3.8) is 0 Å². The van der Waals surface area contributed by atoms with Crippen LogP contribution in [0.2, 0.25) is 0 Å². The molecule has 5 heteroatoms. The molecule has 0 aliphatic rings. The molecule has 0 atom stereocenters. The number of halogens is 1. The minimum absolute atomic E-state index is 0.679. The van der Waals surface area contributed by atoms with Gasteiger partial charge >= 0.3 is 0 Å². The topological polar surface area (TPSA) is 50.4 Å². The van der Waals surface area contributed by atoms with E-state index in [9.17, 15) is 0 Å². The van der Waals surface area contributed by atoms with Crippen molar-refractivity contribution in [1.82, 2.24) is 9.55 Å². The van der Waals surface area contributed by atoms with Crippen LogP contribution in [0.1, 0.15) is 12.2 Å². The van der Waals surface area contributed by atoms with E-state index < -0.39 is 0 Å². The van der Waals surface area contributed by atoms with E-state index in [4.69, 9.17) is 5.21 Å². The molecule has 4 nitrogen and oxygen atoms in total. The third-order valence-corrected chi connectivity index (χ3v) is 2.01. The maximum Gasteiger partial charge on any atom is 0.154 e. The molecule has 0 aromatic carbocycles. The minimum Gasteiger partial charge on any atom is -0.411 e. The summed E-state index contributed by atoms with van der Waals surface area (Å²) in [6, 6.07) is 0. The Hall–Kier alpha value is -0.840.